The van der Waals surface area contributed by atoms with Gasteiger partial charge in [-0.3, -0.25) is 9.59 Å². The summed E-state index contributed by atoms with van der Waals surface area (Å²) in [7, 11) is 0. The fourth-order valence-electron chi connectivity index (χ4n) is 1.99. The van der Waals surface area contributed by atoms with E-state index in [9.17, 15) is 9.59 Å². The first kappa shape index (κ1) is 15.6. The molecule has 0 fully saturated rings. The first-order valence-electron chi connectivity index (χ1n) is 6.77. The summed E-state index contributed by atoms with van der Waals surface area (Å²) in [6, 6.07) is 3.26. The van der Waals surface area contributed by atoms with Gasteiger partial charge in [-0.05, 0) is 25.8 Å². The Hall–Kier alpha value is -1.79. The number of carbonyl (C=O) groups is 2. The largest absolute Gasteiger partial charge is 0.482 e. The van der Waals surface area contributed by atoms with Crippen LogP contribution in [0.4, 0.5) is 11.4 Å². The van der Waals surface area contributed by atoms with Gasteiger partial charge in [-0.2, -0.15) is 0 Å². The summed E-state index contributed by atoms with van der Waals surface area (Å²) < 4.78 is 5.29. The zero-order valence-corrected chi connectivity index (χ0v) is 12.5. The Morgan fingerprint density at radius 2 is 2.33 bits per heavy atom. The molecule has 2 rings (SSSR count). The maximum absolute atomic E-state index is 11.8. The number of hydrogen-bond donors (Lipinski definition) is 3. The topological polar surface area (TPSA) is 93.5 Å². The van der Waals surface area contributed by atoms with E-state index in [0.29, 0.717) is 28.6 Å². The normalized spacial score (nSPS) is 14.7. The molecule has 1 aliphatic rings. The SMILES string of the molecule is CC(N)CCCC(=O)Nc1cc2c(cc1Cl)NC(=O)CO2. The van der Waals surface area contributed by atoms with Crippen LogP contribution in [-0.2, 0) is 9.59 Å². The number of hydrogen-bond acceptors (Lipinski definition) is 4. The van der Waals surface area contributed by atoms with Gasteiger partial charge in [0.1, 0.15) is 5.75 Å². The van der Waals surface area contributed by atoms with Gasteiger partial charge in [0, 0.05) is 18.5 Å². The van der Waals surface area contributed by atoms with Crippen LogP contribution in [0.15, 0.2) is 12.1 Å². The lowest BCUT2D eigenvalue weighted by Gasteiger charge is -2.19. The fourth-order valence-corrected chi connectivity index (χ4v) is 2.20. The van der Waals surface area contributed by atoms with Crippen molar-refractivity contribution in [2.75, 3.05) is 17.2 Å². The molecule has 4 N–H and O–H groups in total. The Bertz CT molecular complexity index is 561. The number of carbonyl (C=O) groups excluding carboxylic acids is 2. The Labute approximate surface area is 128 Å². The third kappa shape index (κ3) is 4.34. The predicted octanol–water partition coefficient (Wildman–Crippen LogP) is 2.13. The van der Waals surface area contributed by atoms with Crippen molar-refractivity contribution in [2.45, 2.75) is 32.2 Å². The molecule has 0 saturated heterocycles. The maximum atomic E-state index is 11.8. The van der Waals surface area contributed by atoms with Crippen molar-refractivity contribution < 1.29 is 14.3 Å². The summed E-state index contributed by atoms with van der Waals surface area (Å²) in [4.78, 5) is 23.1. The van der Waals surface area contributed by atoms with Gasteiger partial charge in [-0.25, -0.2) is 0 Å². The van der Waals surface area contributed by atoms with Gasteiger partial charge in [-0.15, -0.1) is 0 Å². The average Bonchev–Trinajstić information content (AvgIpc) is 2.39. The molecule has 0 aromatic heterocycles. The average molecular weight is 312 g/mol. The summed E-state index contributed by atoms with van der Waals surface area (Å²) in [6.45, 7) is 1.86. The van der Waals surface area contributed by atoms with Gasteiger partial charge in [0.2, 0.25) is 5.91 Å². The minimum absolute atomic E-state index is 0.0452. The standard InChI is InChI=1S/C14H18ClN3O3/c1-8(16)3-2-4-13(19)17-10-6-12-11(5-9(10)15)18-14(20)7-21-12/h5-6,8H,2-4,7,16H2,1H3,(H,17,19)(H,18,20). The van der Waals surface area contributed by atoms with E-state index in [1.165, 1.54) is 0 Å². The Kier molecular flexibility index (Phi) is 5.03. The van der Waals surface area contributed by atoms with Crippen LogP contribution in [0.2, 0.25) is 5.02 Å². The minimum atomic E-state index is -0.230. The van der Waals surface area contributed by atoms with Gasteiger partial charge in [0.15, 0.2) is 6.61 Å². The predicted molar refractivity (Wildman–Crippen MR) is 81.7 cm³/mol. The molecule has 1 atom stereocenters. The Morgan fingerprint density at radius 1 is 1.57 bits per heavy atom. The van der Waals surface area contributed by atoms with Crippen LogP contribution < -0.4 is 21.1 Å². The van der Waals surface area contributed by atoms with E-state index in [2.05, 4.69) is 10.6 Å². The second kappa shape index (κ2) is 6.78. The number of fused-ring (bicyclic) bond motifs is 1. The van der Waals surface area contributed by atoms with E-state index in [1.807, 2.05) is 6.92 Å². The van der Waals surface area contributed by atoms with Crippen LogP contribution in [0.25, 0.3) is 0 Å². The number of amides is 2. The number of nitrogens with one attached hydrogen (secondary N) is 2. The Morgan fingerprint density at radius 3 is 3.05 bits per heavy atom. The van der Waals surface area contributed by atoms with Crippen molar-refractivity contribution >= 4 is 34.8 Å². The molecular weight excluding hydrogens is 294 g/mol. The van der Waals surface area contributed by atoms with E-state index in [1.54, 1.807) is 12.1 Å². The molecule has 1 aliphatic heterocycles. The van der Waals surface area contributed by atoms with Gasteiger partial charge in [0.25, 0.3) is 5.91 Å². The van der Waals surface area contributed by atoms with Crippen molar-refractivity contribution in [1.82, 2.24) is 0 Å². The number of rotatable bonds is 5. The van der Waals surface area contributed by atoms with Crippen molar-refractivity contribution in [3.8, 4) is 5.75 Å². The summed E-state index contributed by atoms with van der Waals surface area (Å²) in [5.74, 6) is 0.133. The number of halogens is 1. The van der Waals surface area contributed by atoms with E-state index in [0.717, 1.165) is 12.8 Å². The summed E-state index contributed by atoms with van der Waals surface area (Å²) in [5, 5.41) is 5.74. The van der Waals surface area contributed by atoms with Crippen LogP contribution in [0.1, 0.15) is 26.2 Å². The maximum Gasteiger partial charge on any atom is 0.262 e. The molecule has 2 amide bonds. The summed E-state index contributed by atoms with van der Waals surface area (Å²) >= 11 is 6.10. The second-order valence-electron chi connectivity index (χ2n) is 5.08. The smallest absolute Gasteiger partial charge is 0.262 e. The molecule has 0 saturated carbocycles. The lowest BCUT2D eigenvalue weighted by Crippen LogP contribution is -2.25. The third-order valence-electron chi connectivity index (χ3n) is 3.04. The van der Waals surface area contributed by atoms with Crippen LogP contribution in [0, 0.1) is 0 Å². The van der Waals surface area contributed by atoms with E-state index in [-0.39, 0.29) is 24.5 Å². The molecule has 0 spiro atoms. The highest BCUT2D eigenvalue weighted by Crippen LogP contribution is 2.36. The van der Waals surface area contributed by atoms with Gasteiger partial charge in [-0.1, -0.05) is 11.6 Å². The van der Waals surface area contributed by atoms with Crippen molar-refractivity contribution in [3.05, 3.63) is 17.2 Å². The molecule has 0 radical (unpaired) electrons. The quantitative estimate of drug-likeness (QED) is 0.776. The molecule has 7 heteroatoms. The van der Waals surface area contributed by atoms with Crippen LogP contribution in [0.3, 0.4) is 0 Å². The monoisotopic (exact) mass is 311 g/mol. The molecule has 1 heterocycles. The molecule has 0 bridgehead atoms. The van der Waals surface area contributed by atoms with Crippen LogP contribution >= 0.6 is 11.6 Å². The summed E-state index contributed by atoms with van der Waals surface area (Å²) in [5.41, 5.74) is 6.61. The first-order valence-corrected chi connectivity index (χ1v) is 7.15. The Balaban J connectivity index is 2.00. The molecule has 1 aromatic carbocycles. The van der Waals surface area contributed by atoms with Gasteiger partial charge in [0.05, 0.1) is 16.4 Å². The van der Waals surface area contributed by atoms with Crippen LogP contribution in [0.5, 0.6) is 5.75 Å². The van der Waals surface area contributed by atoms with Gasteiger partial charge >= 0.3 is 0 Å². The fraction of sp³-hybridized carbons (Fsp3) is 0.429. The van der Waals surface area contributed by atoms with E-state index < -0.39 is 0 Å². The molecule has 0 aliphatic carbocycles. The molecular formula is C14H18ClN3O3. The van der Waals surface area contributed by atoms with E-state index >= 15 is 0 Å². The third-order valence-corrected chi connectivity index (χ3v) is 3.35. The molecule has 114 valence electrons. The molecule has 21 heavy (non-hydrogen) atoms. The molecule has 1 unspecified atom stereocenters. The molecule has 1 aromatic rings. The highest BCUT2D eigenvalue weighted by atomic mass is 35.5. The number of nitrogens with two attached hydrogens (primary N) is 1. The zero-order chi connectivity index (χ0) is 15.4. The summed E-state index contributed by atoms with van der Waals surface area (Å²) in [6.07, 6.45) is 1.89. The second-order valence-corrected chi connectivity index (χ2v) is 5.49. The number of ether oxygens (including phenoxy) is 1. The minimum Gasteiger partial charge on any atom is -0.482 e. The zero-order valence-electron chi connectivity index (χ0n) is 11.7. The van der Waals surface area contributed by atoms with Crippen molar-refractivity contribution in [1.29, 1.82) is 0 Å². The highest BCUT2D eigenvalue weighted by Gasteiger charge is 2.18. The lowest BCUT2D eigenvalue weighted by atomic mass is 10.1. The van der Waals surface area contributed by atoms with Crippen LogP contribution in [-0.4, -0.2) is 24.5 Å². The molecule has 6 nitrogen and oxygen atoms in total. The number of anilines is 2. The van der Waals surface area contributed by atoms with Gasteiger partial charge < -0.3 is 21.1 Å². The van der Waals surface area contributed by atoms with Crippen molar-refractivity contribution in [2.24, 2.45) is 5.73 Å². The van der Waals surface area contributed by atoms with E-state index in [4.69, 9.17) is 22.1 Å². The first-order chi connectivity index (χ1) is 9.95. The number of benzene rings is 1. The lowest BCUT2D eigenvalue weighted by molar-refractivity contribution is -0.118. The van der Waals surface area contributed by atoms with Crippen molar-refractivity contribution in [3.63, 3.8) is 0 Å². The highest BCUT2D eigenvalue weighted by molar-refractivity contribution is 6.34.